The van der Waals surface area contributed by atoms with E-state index < -0.39 is 5.97 Å². The average molecular weight is 368 g/mol. The van der Waals surface area contributed by atoms with Crippen LogP contribution in [0.1, 0.15) is 23.0 Å². The molecule has 0 spiro atoms. The molecule has 1 heterocycles. The predicted molar refractivity (Wildman–Crippen MR) is 105 cm³/mol. The Morgan fingerprint density at radius 1 is 1.15 bits per heavy atom. The van der Waals surface area contributed by atoms with Crippen molar-refractivity contribution in [3.63, 3.8) is 0 Å². The Bertz CT molecular complexity index is 935. The number of hydrogen-bond donors (Lipinski definition) is 2. The molecule has 2 aromatic carbocycles. The standard InChI is InChI=1S/C20H20N2O3S/c1-3-25-20(24)19-18(15-11-13(2)9-10-16(15)21-19)22-17(23)12-26-14-7-5-4-6-8-14/h4-11,21H,3,12H2,1-2H3,(H,22,23). The lowest BCUT2D eigenvalue weighted by atomic mass is 10.1. The second-order valence-corrected chi connectivity index (χ2v) is 6.84. The van der Waals surface area contributed by atoms with E-state index >= 15 is 0 Å². The van der Waals surface area contributed by atoms with Crippen LogP contribution in [0.5, 0.6) is 0 Å². The Labute approximate surface area is 156 Å². The van der Waals surface area contributed by atoms with E-state index in [1.165, 1.54) is 11.8 Å². The third-order valence-corrected chi connectivity index (χ3v) is 4.82. The Kier molecular flexibility index (Phi) is 5.63. The normalized spacial score (nSPS) is 10.7. The molecular weight excluding hydrogens is 348 g/mol. The zero-order valence-corrected chi connectivity index (χ0v) is 15.5. The number of nitrogens with one attached hydrogen (secondary N) is 2. The number of anilines is 1. The summed E-state index contributed by atoms with van der Waals surface area (Å²) in [6.07, 6.45) is 0. The van der Waals surface area contributed by atoms with E-state index in [2.05, 4.69) is 10.3 Å². The fourth-order valence-electron chi connectivity index (χ4n) is 2.63. The van der Waals surface area contributed by atoms with E-state index in [4.69, 9.17) is 4.74 Å². The maximum absolute atomic E-state index is 12.4. The molecule has 1 aromatic heterocycles. The molecule has 0 aliphatic rings. The van der Waals surface area contributed by atoms with Gasteiger partial charge in [0, 0.05) is 15.8 Å². The highest BCUT2D eigenvalue weighted by Gasteiger charge is 2.20. The number of rotatable bonds is 6. The minimum Gasteiger partial charge on any atom is -0.461 e. The number of aromatic nitrogens is 1. The van der Waals surface area contributed by atoms with Gasteiger partial charge in [-0.05, 0) is 38.1 Å². The highest BCUT2D eigenvalue weighted by molar-refractivity contribution is 8.00. The quantitative estimate of drug-likeness (QED) is 0.500. The molecule has 3 aromatic rings. The Balaban J connectivity index is 1.84. The van der Waals surface area contributed by atoms with Gasteiger partial charge in [-0.3, -0.25) is 4.79 Å². The summed E-state index contributed by atoms with van der Waals surface area (Å²) in [6.45, 7) is 3.98. The lowest BCUT2D eigenvalue weighted by molar-refractivity contribution is -0.113. The van der Waals surface area contributed by atoms with Gasteiger partial charge in [-0.25, -0.2) is 4.79 Å². The van der Waals surface area contributed by atoms with Crippen LogP contribution < -0.4 is 5.32 Å². The van der Waals surface area contributed by atoms with Crippen molar-refractivity contribution < 1.29 is 14.3 Å². The van der Waals surface area contributed by atoms with E-state index in [9.17, 15) is 9.59 Å². The number of aromatic amines is 1. The fraction of sp³-hybridized carbons (Fsp3) is 0.200. The number of hydrogen-bond acceptors (Lipinski definition) is 4. The number of aryl methyl sites for hydroxylation is 1. The molecule has 26 heavy (non-hydrogen) atoms. The number of benzene rings is 2. The molecule has 0 aliphatic carbocycles. The predicted octanol–water partition coefficient (Wildman–Crippen LogP) is 4.38. The zero-order chi connectivity index (χ0) is 18.5. The van der Waals surface area contributed by atoms with Gasteiger partial charge in [0.15, 0.2) is 0 Å². The summed E-state index contributed by atoms with van der Waals surface area (Å²) in [4.78, 5) is 28.8. The van der Waals surface area contributed by atoms with Crippen LogP contribution in [-0.2, 0) is 9.53 Å². The summed E-state index contributed by atoms with van der Waals surface area (Å²) in [5.41, 5.74) is 2.57. The van der Waals surface area contributed by atoms with E-state index in [0.717, 1.165) is 21.4 Å². The molecule has 3 rings (SSSR count). The minimum absolute atomic E-state index is 0.174. The van der Waals surface area contributed by atoms with Crippen molar-refractivity contribution in [2.75, 3.05) is 17.7 Å². The number of thioether (sulfide) groups is 1. The van der Waals surface area contributed by atoms with Crippen LogP contribution in [0.25, 0.3) is 10.9 Å². The lowest BCUT2D eigenvalue weighted by Gasteiger charge is -2.07. The van der Waals surface area contributed by atoms with Gasteiger partial charge in [0.1, 0.15) is 5.69 Å². The Hall–Kier alpha value is -2.73. The summed E-state index contributed by atoms with van der Waals surface area (Å²) in [7, 11) is 0. The van der Waals surface area contributed by atoms with Crippen LogP contribution >= 0.6 is 11.8 Å². The number of ether oxygens (including phenoxy) is 1. The second-order valence-electron chi connectivity index (χ2n) is 5.79. The van der Waals surface area contributed by atoms with Gasteiger partial charge in [-0.15, -0.1) is 11.8 Å². The van der Waals surface area contributed by atoms with Crippen molar-refractivity contribution in [1.29, 1.82) is 0 Å². The molecule has 6 heteroatoms. The molecule has 0 fully saturated rings. The molecular formula is C20H20N2O3S. The molecule has 2 N–H and O–H groups in total. The number of carbonyl (C=O) groups is 2. The Morgan fingerprint density at radius 3 is 2.65 bits per heavy atom. The van der Waals surface area contributed by atoms with Crippen LogP contribution in [0.3, 0.4) is 0 Å². The number of esters is 1. The highest BCUT2D eigenvalue weighted by atomic mass is 32.2. The highest BCUT2D eigenvalue weighted by Crippen LogP contribution is 2.30. The number of carbonyl (C=O) groups excluding carboxylic acids is 2. The van der Waals surface area contributed by atoms with E-state index in [1.54, 1.807) is 6.92 Å². The third-order valence-electron chi connectivity index (χ3n) is 3.81. The maximum atomic E-state index is 12.4. The van der Waals surface area contributed by atoms with Gasteiger partial charge in [0.05, 0.1) is 18.0 Å². The first kappa shape index (κ1) is 18.1. The maximum Gasteiger partial charge on any atom is 0.356 e. The van der Waals surface area contributed by atoms with Gasteiger partial charge < -0.3 is 15.0 Å². The zero-order valence-electron chi connectivity index (χ0n) is 14.7. The van der Waals surface area contributed by atoms with Gasteiger partial charge in [-0.1, -0.05) is 29.8 Å². The molecule has 0 radical (unpaired) electrons. The monoisotopic (exact) mass is 368 g/mol. The topological polar surface area (TPSA) is 71.2 Å². The molecule has 0 aliphatic heterocycles. The SMILES string of the molecule is CCOC(=O)c1[nH]c2ccc(C)cc2c1NC(=O)CSc1ccccc1. The van der Waals surface area contributed by atoms with Gasteiger partial charge >= 0.3 is 5.97 Å². The average Bonchev–Trinajstić information content (AvgIpc) is 2.99. The number of fused-ring (bicyclic) bond motifs is 1. The molecule has 0 bridgehead atoms. The first-order valence-corrected chi connectivity index (χ1v) is 9.34. The van der Waals surface area contributed by atoms with E-state index in [1.807, 2.05) is 55.5 Å². The van der Waals surface area contributed by atoms with Crippen molar-refractivity contribution in [3.05, 3.63) is 59.8 Å². The molecule has 0 atom stereocenters. The van der Waals surface area contributed by atoms with Crippen LogP contribution in [-0.4, -0.2) is 29.2 Å². The lowest BCUT2D eigenvalue weighted by Crippen LogP contribution is -2.17. The molecule has 134 valence electrons. The first-order valence-electron chi connectivity index (χ1n) is 8.35. The first-order chi connectivity index (χ1) is 12.6. The van der Waals surface area contributed by atoms with Gasteiger partial charge in [-0.2, -0.15) is 0 Å². The summed E-state index contributed by atoms with van der Waals surface area (Å²) < 4.78 is 5.11. The number of H-pyrrole nitrogens is 1. The van der Waals surface area contributed by atoms with Crippen molar-refractivity contribution in [2.24, 2.45) is 0 Å². The summed E-state index contributed by atoms with van der Waals surface area (Å²) in [5, 5.41) is 3.68. The molecule has 0 saturated heterocycles. The second kappa shape index (κ2) is 8.10. The molecule has 0 saturated carbocycles. The van der Waals surface area contributed by atoms with Gasteiger partial charge in [0.25, 0.3) is 0 Å². The van der Waals surface area contributed by atoms with Crippen molar-refractivity contribution >= 4 is 40.2 Å². The summed E-state index contributed by atoms with van der Waals surface area (Å²) >= 11 is 1.45. The number of amides is 1. The van der Waals surface area contributed by atoms with E-state index in [-0.39, 0.29) is 24.0 Å². The molecule has 1 amide bonds. The van der Waals surface area contributed by atoms with Crippen molar-refractivity contribution in [2.45, 2.75) is 18.7 Å². The van der Waals surface area contributed by atoms with Crippen LogP contribution in [0.4, 0.5) is 5.69 Å². The third kappa shape index (κ3) is 4.08. The molecule has 0 unspecified atom stereocenters. The van der Waals surface area contributed by atoms with E-state index in [0.29, 0.717) is 5.69 Å². The Morgan fingerprint density at radius 2 is 1.92 bits per heavy atom. The molecule has 5 nitrogen and oxygen atoms in total. The van der Waals surface area contributed by atoms with Crippen molar-refractivity contribution in [3.8, 4) is 0 Å². The van der Waals surface area contributed by atoms with Crippen LogP contribution in [0.2, 0.25) is 0 Å². The smallest absolute Gasteiger partial charge is 0.356 e. The fourth-order valence-corrected chi connectivity index (χ4v) is 3.35. The summed E-state index contributed by atoms with van der Waals surface area (Å²) in [5.74, 6) is -0.399. The van der Waals surface area contributed by atoms with Crippen LogP contribution in [0, 0.1) is 6.92 Å². The van der Waals surface area contributed by atoms with Crippen molar-refractivity contribution in [1.82, 2.24) is 4.98 Å². The van der Waals surface area contributed by atoms with Crippen LogP contribution in [0.15, 0.2) is 53.4 Å². The minimum atomic E-state index is -0.479. The van der Waals surface area contributed by atoms with Gasteiger partial charge in [0.2, 0.25) is 5.91 Å². The summed E-state index contributed by atoms with van der Waals surface area (Å²) in [6, 6.07) is 15.5. The largest absolute Gasteiger partial charge is 0.461 e.